The van der Waals surface area contributed by atoms with Crippen molar-refractivity contribution in [2.75, 3.05) is 0 Å². The predicted molar refractivity (Wildman–Crippen MR) is 87.2 cm³/mol. The van der Waals surface area contributed by atoms with Crippen molar-refractivity contribution >= 4 is 29.6 Å². The number of aryl methyl sites for hydroxylation is 1. The molecule has 0 radical (unpaired) electrons. The quantitative estimate of drug-likeness (QED) is 0.742. The minimum atomic E-state index is -1.38. The number of carboxylic acid groups (broad SMARTS) is 1. The SMILES string of the molecule is O=C(O)C(CCc1ccccc1)N1C(=O)C=C(N2C(=O)CCC2=O)C1=O. The van der Waals surface area contributed by atoms with E-state index in [0.717, 1.165) is 11.6 Å². The van der Waals surface area contributed by atoms with E-state index in [9.17, 15) is 29.1 Å². The lowest BCUT2D eigenvalue weighted by atomic mass is 10.0. The number of rotatable bonds is 6. The van der Waals surface area contributed by atoms with Crippen molar-refractivity contribution in [3.05, 3.63) is 47.7 Å². The van der Waals surface area contributed by atoms with Crippen LogP contribution in [0.15, 0.2) is 42.1 Å². The highest BCUT2D eigenvalue weighted by molar-refractivity contribution is 6.21. The maximum atomic E-state index is 12.6. The Kier molecular flexibility index (Phi) is 4.66. The first-order valence-electron chi connectivity index (χ1n) is 8.12. The van der Waals surface area contributed by atoms with Crippen LogP contribution in [0.2, 0.25) is 0 Å². The first-order chi connectivity index (χ1) is 12.4. The van der Waals surface area contributed by atoms with Crippen LogP contribution in [0.5, 0.6) is 0 Å². The smallest absolute Gasteiger partial charge is 0.326 e. The van der Waals surface area contributed by atoms with E-state index in [0.29, 0.717) is 16.2 Å². The predicted octanol–water partition coefficient (Wildman–Crippen LogP) is 0.474. The summed E-state index contributed by atoms with van der Waals surface area (Å²) in [5, 5.41) is 9.49. The van der Waals surface area contributed by atoms with Gasteiger partial charge in [0.2, 0.25) is 11.8 Å². The number of hydrogen-bond acceptors (Lipinski definition) is 5. The Morgan fingerprint density at radius 1 is 1.04 bits per heavy atom. The van der Waals surface area contributed by atoms with E-state index in [4.69, 9.17) is 0 Å². The second kappa shape index (κ2) is 6.91. The van der Waals surface area contributed by atoms with Gasteiger partial charge in [0.15, 0.2) is 0 Å². The first-order valence-corrected chi connectivity index (χ1v) is 8.12. The highest BCUT2D eigenvalue weighted by atomic mass is 16.4. The van der Waals surface area contributed by atoms with Gasteiger partial charge in [-0.3, -0.25) is 24.1 Å². The number of likely N-dealkylation sites (tertiary alicyclic amines) is 1. The summed E-state index contributed by atoms with van der Waals surface area (Å²) < 4.78 is 0. The first kappa shape index (κ1) is 17.5. The van der Waals surface area contributed by atoms with Gasteiger partial charge in [0.05, 0.1) is 0 Å². The zero-order chi connectivity index (χ0) is 18.8. The highest BCUT2D eigenvalue weighted by Crippen LogP contribution is 2.26. The number of benzene rings is 1. The molecule has 8 nitrogen and oxygen atoms in total. The molecule has 3 rings (SSSR count). The summed E-state index contributed by atoms with van der Waals surface area (Å²) in [6, 6.07) is 7.70. The van der Waals surface area contributed by atoms with Crippen molar-refractivity contribution in [1.29, 1.82) is 0 Å². The van der Waals surface area contributed by atoms with E-state index in [-0.39, 0.29) is 25.0 Å². The fourth-order valence-electron chi connectivity index (χ4n) is 3.08. The van der Waals surface area contributed by atoms with Crippen LogP contribution in [-0.4, -0.2) is 50.5 Å². The second-order valence-corrected chi connectivity index (χ2v) is 6.04. The summed E-state index contributed by atoms with van der Waals surface area (Å²) in [5.74, 6) is -4.23. The number of carbonyl (C=O) groups excluding carboxylic acids is 4. The maximum Gasteiger partial charge on any atom is 0.326 e. The molecule has 2 aliphatic heterocycles. The summed E-state index contributed by atoms with van der Waals surface area (Å²) in [6.45, 7) is 0. The second-order valence-electron chi connectivity index (χ2n) is 6.04. The van der Waals surface area contributed by atoms with Crippen molar-refractivity contribution < 1.29 is 29.1 Å². The summed E-state index contributed by atoms with van der Waals surface area (Å²) in [6.07, 6.45) is 1.18. The Balaban J connectivity index is 1.79. The molecule has 0 spiro atoms. The fraction of sp³-hybridized carbons (Fsp3) is 0.278. The summed E-state index contributed by atoms with van der Waals surface area (Å²) in [5.41, 5.74) is 0.504. The van der Waals surface area contributed by atoms with Crippen LogP contribution in [0.1, 0.15) is 24.8 Å². The number of amides is 4. The molecule has 134 valence electrons. The molecule has 2 aliphatic rings. The Labute approximate surface area is 148 Å². The molecule has 8 heteroatoms. The molecular weight excluding hydrogens is 340 g/mol. The average molecular weight is 356 g/mol. The van der Waals surface area contributed by atoms with E-state index in [2.05, 4.69) is 0 Å². The Morgan fingerprint density at radius 2 is 1.65 bits per heavy atom. The van der Waals surface area contributed by atoms with Gasteiger partial charge >= 0.3 is 5.97 Å². The lowest BCUT2D eigenvalue weighted by Gasteiger charge is -2.24. The van der Waals surface area contributed by atoms with Gasteiger partial charge in [0.25, 0.3) is 11.8 Å². The van der Waals surface area contributed by atoms with Gasteiger partial charge in [-0.15, -0.1) is 0 Å². The van der Waals surface area contributed by atoms with Gasteiger partial charge in [-0.25, -0.2) is 9.69 Å². The Hall–Kier alpha value is -3.29. The number of nitrogens with zero attached hydrogens (tertiary/aromatic N) is 2. The van der Waals surface area contributed by atoms with E-state index in [1.807, 2.05) is 30.3 Å². The topological polar surface area (TPSA) is 112 Å². The molecule has 0 aliphatic carbocycles. The standard InChI is InChI=1S/C18H16N2O6/c21-14-8-9-15(22)19(14)13-10-16(23)20(17(13)24)12(18(25)26)7-6-11-4-2-1-3-5-11/h1-5,10,12H,6-9H2,(H,25,26). The van der Waals surface area contributed by atoms with Gasteiger partial charge in [0.1, 0.15) is 11.7 Å². The third kappa shape index (κ3) is 3.13. The number of imide groups is 2. The molecule has 1 aromatic rings. The monoisotopic (exact) mass is 356 g/mol. The van der Waals surface area contributed by atoms with Crippen molar-refractivity contribution in [1.82, 2.24) is 9.80 Å². The van der Waals surface area contributed by atoms with Crippen LogP contribution < -0.4 is 0 Å². The molecular formula is C18H16N2O6. The lowest BCUT2D eigenvalue weighted by molar-refractivity contribution is -0.154. The zero-order valence-electron chi connectivity index (χ0n) is 13.8. The molecule has 1 unspecified atom stereocenters. The van der Waals surface area contributed by atoms with Crippen LogP contribution in [0.4, 0.5) is 0 Å². The van der Waals surface area contributed by atoms with E-state index in [1.165, 1.54) is 0 Å². The number of carboxylic acids is 1. The van der Waals surface area contributed by atoms with Gasteiger partial charge < -0.3 is 5.11 Å². The minimum absolute atomic E-state index is 0.0276. The van der Waals surface area contributed by atoms with E-state index in [1.54, 1.807) is 0 Å². The van der Waals surface area contributed by atoms with Crippen LogP contribution >= 0.6 is 0 Å². The van der Waals surface area contributed by atoms with Gasteiger partial charge in [0, 0.05) is 18.9 Å². The third-order valence-electron chi connectivity index (χ3n) is 4.37. The van der Waals surface area contributed by atoms with Gasteiger partial charge in [-0.1, -0.05) is 30.3 Å². The molecule has 1 N–H and O–H groups in total. The van der Waals surface area contributed by atoms with Gasteiger partial charge in [-0.05, 0) is 18.4 Å². The third-order valence-corrected chi connectivity index (χ3v) is 4.37. The highest BCUT2D eigenvalue weighted by Gasteiger charge is 2.45. The lowest BCUT2D eigenvalue weighted by Crippen LogP contribution is -2.47. The molecule has 1 saturated heterocycles. The number of hydrogen-bond donors (Lipinski definition) is 1. The maximum absolute atomic E-state index is 12.6. The van der Waals surface area contributed by atoms with Crippen LogP contribution in [0, 0.1) is 0 Å². The van der Waals surface area contributed by atoms with E-state index < -0.39 is 35.6 Å². The molecule has 1 atom stereocenters. The van der Waals surface area contributed by atoms with Crippen molar-refractivity contribution in [2.24, 2.45) is 0 Å². The fourth-order valence-corrected chi connectivity index (χ4v) is 3.08. The average Bonchev–Trinajstić information content (AvgIpc) is 3.08. The molecule has 26 heavy (non-hydrogen) atoms. The number of aliphatic carboxylic acids is 1. The van der Waals surface area contributed by atoms with Crippen LogP contribution in [0.25, 0.3) is 0 Å². The molecule has 0 aromatic heterocycles. The molecule has 1 aromatic carbocycles. The summed E-state index contributed by atoms with van der Waals surface area (Å²) >= 11 is 0. The zero-order valence-corrected chi connectivity index (χ0v) is 13.8. The van der Waals surface area contributed by atoms with Crippen molar-refractivity contribution in [3.63, 3.8) is 0 Å². The number of carbonyl (C=O) groups is 5. The summed E-state index contributed by atoms with van der Waals surface area (Å²) in [7, 11) is 0. The molecule has 1 fully saturated rings. The molecule has 2 heterocycles. The van der Waals surface area contributed by atoms with Crippen LogP contribution in [0.3, 0.4) is 0 Å². The molecule has 0 bridgehead atoms. The molecule has 0 saturated carbocycles. The van der Waals surface area contributed by atoms with Crippen LogP contribution in [-0.2, 0) is 30.4 Å². The normalized spacial score (nSPS) is 18.5. The minimum Gasteiger partial charge on any atom is -0.480 e. The van der Waals surface area contributed by atoms with E-state index >= 15 is 0 Å². The Bertz CT molecular complexity index is 813. The van der Waals surface area contributed by atoms with Gasteiger partial charge in [-0.2, -0.15) is 0 Å². The summed E-state index contributed by atoms with van der Waals surface area (Å²) in [4.78, 5) is 61.4. The van der Waals surface area contributed by atoms with Crippen molar-refractivity contribution in [2.45, 2.75) is 31.7 Å². The Morgan fingerprint density at radius 3 is 2.23 bits per heavy atom. The molecule has 4 amide bonds. The van der Waals surface area contributed by atoms with Crippen molar-refractivity contribution in [3.8, 4) is 0 Å². The largest absolute Gasteiger partial charge is 0.480 e.